The molecule has 2 aromatic rings. The van der Waals surface area contributed by atoms with Crippen LogP contribution >= 0.6 is 0 Å². The molecule has 0 unspecified atom stereocenters. The molecular formula is C62H106N2Pd. The minimum Gasteiger partial charge on any atom is -0.493 e. The summed E-state index contributed by atoms with van der Waals surface area (Å²) in [6.45, 7) is 25.9. The van der Waals surface area contributed by atoms with Crippen LogP contribution < -0.4 is 0 Å². The Morgan fingerprint density at radius 2 is 0.631 bits per heavy atom. The molecule has 0 atom stereocenters. The van der Waals surface area contributed by atoms with Crippen LogP contribution in [-0.2, 0) is 33.3 Å². The molecule has 3 rings (SSSR count). The fourth-order valence-corrected chi connectivity index (χ4v) is 10.0. The second kappa shape index (κ2) is 42.3. The first kappa shape index (κ1) is 63.2. The van der Waals surface area contributed by atoms with Crippen LogP contribution in [0.15, 0.2) is 35.9 Å². The van der Waals surface area contributed by atoms with Crippen LogP contribution in [0.5, 0.6) is 0 Å². The normalized spacial score (nSPS) is 12.2. The third-order valence-corrected chi connectivity index (χ3v) is 13.9. The number of rotatable bonds is 37. The fourth-order valence-electron chi connectivity index (χ4n) is 10.0. The standard InChI is InChI=1S/C58H96N2.2C2H5.Pd/c1-8-11-14-15-16-17-18-19-20-21-22-23-24-25-26-27-28-29-30-31-32-33-34-35-36-37-38-39-40-52-47-57(53-43-48(4)55(41-12-9-2)49(5)44-53)60(59)58(52)54-45-50(6)56(42-13-10-3)51(7)46-54;2*1-2;/h43-47H,8-42H2,1-7H3;2*1H2,2H3;/q;2*-1;+2. The number of aryl methyl sites for hydroxylation is 4. The van der Waals surface area contributed by atoms with Crippen molar-refractivity contribution in [1.82, 2.24) is 0 Å². The number of hydrogen-bond donors (Lipinski definition) is 0. The average Bonchev–Trinajstić information content (AvgIpc) is 3.63. The predicted octanol–water partition coefficient (Wildman–Crippen LogP) is 21.4. The molecule has 0 saturated heterocycles. The minimum atomic E-state index is 0. The van der Waals surface area contributed by atoms with E-state index in [9.17, 15) is 5.53 Å². The summed E-state index contributed by atoms with van der Waals surface area (Å²) in [7, 11) is 0. The summed E-state index contributed by atoms with van der Waals surface area (Å²) in [5, 5.41) is 0. The van der Waals surface area contributed by atoms with E-state index in [0.717, 1.165) is 41.8 Å². The third-order valence-electron chi connectivity index (χ3n) is 13.9. The maximum Gasteiger partial charge on any atom is 2.00 e. The number of benzene rings is 2. The van der Waals surface area contributed by atoms with E-state index in [1.807, 2.05) is 0 Å². The van der Waals surface area contributed by atoms with Gasteiger partial charge >= 0.3 is 20.4 Å². The van der Waals surface area contributed by atoms with E-state index in [1.54, 1.807) is 13.8 Å². The predicted molar refractivity (Wildman–Crippen MR) is 289 cm³/mol. The smallest absolute Gasteiger partial charge is 0.493 e. The summed E-state index contributed by atoms with van der Waals surface area (Å²) in [6, 6.07) is 9.28. The van der Waals surface area contributed by atoms with Gasteiger partial charge in [0.1, 0.15) is 0 Å². The Bertz CT molecular complexity index is 1500. The number of allylic oxidation sites excluding steroid dienone is 2. The molecule has 0 N–H and O–H groups in total. The quantitative estimate of drug-likeness (QED) is 0.0279. The monoisotopic (exact) mass is 985 g/mol. The van der Waals surface area contributed by atoms with Crippen molar-refractivity contribution in [2.24, 2.45) is 0 Å². The van der Waals surface area contributed by atoms with Crippen LogP contribution in [0.4, 0.5) is 0 Å². The van der Waals surface area contributed by atoms with Crippen molar-refractivity contribution in [2.45, 2.75) is 287 Å². The molecule has 1 aliphatic rings. The molecular weight excluding hydrogens is 879 g/mol. The number of unbranched alkanes of at least 4 members (excludes halogenated alkanes) is 29. The Labute approximate surface area is 421 Å². The Hall–Kier alpha value is -1.82. The summed E-state index contributed by atoms with van der Waals surface area (Å²) in [6.07, 6.45) is 50.4. The molecule has 0 radical (unpaired) electrons. The van der Waals surface area contributed by atoms with E-state index in [2.05, 4.69) is 92.7 Å². The van der Waals surface area contributed by atoms with E-state index in [4.69, 9.17) is 0 Å². The zero-order chi connectivity index (χ0) is 47.2. The topological polar surface area (TPSA) is 25.3 Å². The maximum atomic E-state index is 11.9. The van der Waals surface area contributed by atoms with Crippen LogP contribution in [-0.4, -0.2) is 4.70 Å². The second-order valence-electron chi connectivity index (χ2n) is 19.4. The largest absolute Gasteiger partial charge is 2.00 e. The van der Waals surface area contributed by atoms with E-state index < -0.39 is 0 Å². The zero-order valence-corrected chi connectivity index (χ0v) is 46.3. The molecule has 0 saturated carbocycles. The zero-order valence-electron chi connectivity index (χ0n) is 44.8. The maximum absolute atomic E-state index is 11.9. The average molecular weight is 986 g/mol. The summed E-state index contributed by atoms with van der Waals surface area (Å²) < 4.78 is 1.52. The van der Waals surface area contributed by atoms with Crippen molar-refractivity contribution < 1.29 is 25.1 Å². The molecule has 0 aliphatic carbocycles. The number of nitrogens with zero attached hydrogens (tertiary/aromatic N) is 2. The minimum absolute atomic E-state index is 0. The first-order valence-electron chi connectivity index (χ1n) is 27.9. The fraction of sp³-hybridized carbons (Fsp3) is 0.710. The molecule has 0 aromatic heterocycles. The molecule has 2 aromatic carbocycles. The van der Waals surface area contributed by atoms with Crippen LogP contribution in [0.3, 0.4) is 0 Å². The first-order valence-corrected chi connectivity index (χ1v) is 27.9. The SMILES string of the molecule is CCCCCCCCCCCCCCCCCCCCCCCCCCCCCCC1=C(c2cc(C)c(CCCC)c(C)c2)[N+](=[N-])C(c2cc(C)c(CCCC)c(C)c2)=C1.[CH2-]C.[CH2-]C.[Pd+2]. The van der Waals surface area contributed by atoms with Gasteiger partial charge in [0.15, 0.2) is 0 Å². The Morgan fingerprint density at radius 3 is 0.923 bits per heavy atom. The summed E-state index contributed by atoms with van der Waals surface area (Å²) in [4.78, 5) is 0. The second-order valence-corrected chi connectivity index (χ2v) is 19.4. The molecule has 3 heteroatoms. The number of hydrogen-bond acceptors (Lipinski definition) is 0. The summed E-state index contributed by atoms with van der Waals surface area (Å²) in [5.74, 6) is 0. The van der Waals surface area contributed by atoms with Gasteiger partial charge in [0.2, 0.25) is 11.4 Å². The van der Waals surface area contributed by atoms with Gasteiger partial charge in [0.05, 0.1) is 0 Å². The van der Waals surface area contributed by atoms with E-state index in [0.29, 0.717) is 0 Å². The van der Waals surface area contributed by atoms with Crippen LogP contribution in [0.1, 0.15) is 291 Å². The molecule has 0 bridgehead atoms. The van der Waals surface area contributed by atoms with Gasteiger partial charge in [-0.3, -0.25) is 0 Å². The van der Waals surface area contributed by atoms with Crippen molar-refractivity contribution >= 4 is 11.4 Å². The molecule has 0 fully saturated rings. The van der Waals surface area contributed by atoms with Crippen molar-refractivity contribution in [3.63, 3.8) is 0 Å². The molecule has 374 valence electrons. The molecule has 0 spiro atoms. The van der Waals surface area contributed by atoms with Gasteiger partial charge < -0.3 is 19.4 Å². The van der Waals surface area contributed by atoms with E-state index >= 15 is 0 Å². The molecule has 0 amide bonds. The van der Waals surface area contributed by atoms with Crippen molar-refractivity contribution in [1.29, 1.82) is 0 Å². The summed E-state index contributed by atoms with van der Waals surface area (Å²) in [5.41, 5.74) is 25.8. The molecule has 1 aliphatic heterocycles. The Balaban J connectivity index is 0.00000796. The van der Waals surface area contributed by atoms with Gasteiger partial charge in [-0.25, -0.2) is 4.70 Å². The van der Waals surface area contributed by atoms with Gasteiger partial charge in [-0.2, -0.15) is 13.8 Å². The van der Waals surface area contributed by atoms with Gasteiger partial charge in [-0.05, 0) is 124 Å². The summed E-state index contributed by atoms with van der Waals surface area (Å²) >= 11 is 0. The van der Waals surface area contributed by atoms with Crippen LogP contribution in [0, 0.1) is 41.5 Å². The van der Waals surface area contributed by atoms with Crippen molar-refractivity contribution in [2.75, 3.05) is 0 Å². The van der Waals surface area contributed by atoms with Gasteiger partial charge in [0, 0.05) is 22.8 Å². The Morgan fingerprint density at radius 1 is 0.369 bits per heavy atom. The third kappa shape index (κ3) is 26.5. The molecule has 65 heavy (non-hydrogen) atoms. The van der Waals surface area contributed by atoms with Crippen molar-refractivity contribution in [3.8, 4) is 0 Å². The van der Waals surface area contributed by atoms with Gasteiger partial charge in [-0.1, -0.05) is 207 Å². The van der Waals surface area contributed by atoms with Crippen LogP contribution in [0.25, 0.3) is 16.9 Å². The molecule has 1 heterocycles. The van der Waals surface area contributed by atoms with E-state index in [1.165, 1.54) is 249 Å². The van der Waals surface area contributed by atoms with E-state index in [-0.39, 0.29) is 20.4 Å². The molecule has 2 nitrogen and oxygen atoms in total. The van der Waals surface area contributed by atoms with Crippen LogP contribution in [0.2, 0.25) is 0 Å². The van der Waals surface area contributed by atoms with Crippen molar-refractivity contribution in [3.05, 3.63) is 99.8 Å². The van der Waals surface area contributed by atoms with Gasteiger partial charge in [-0.15, -0.1) is 0 Å². The first-order chi connectivity index (χ1) is 31.3. The van der Waals surface area contributed by atoms with Gasteiger partial charge in [0.25, 0.3) is 0 Å². The Kier molecular flexibility index (Phi) is 41.1.